The molecule has 1 saturated heterocycles. The molecule has 1 aliphatic rings. The van der Waals surface area contributed by atoms with Crippen molar-refractivity contribution in [3.63, 3.8) is 0 Å². The fourth-order valence-corrected chi connectivity index (χ4v) is 11.0. The molecule has 10 unspecified atom stereocenters. The lowest BCUT2D eigenvalue weighted by molar-refractivity contribution is -0.148. The van der Waals surface area contributed by atoms with Crippen molar-refractivity contribution in [1.82, 2.24) is 41.3 Å². The van der Waals surface area contributed by atoms with Gasteiger partial charge in [0, 0.05) is 65.7 Å². The number of aliphatic hydroxyl groups excluding tert-OH is 1. The average molecular weight is 1250 g/mol. The van der Waals surface area contributed by atoms with Gasteiger partial charge < -0.3 is 65.8 Å². The number of aliphatic hydroxyl groups is 1. The summed E-state index contributed by atoms with van der Waals surface area (Å²) in [5.41, 5.74) is 1.64. The predicted octanol–water partition coefficient (Wildman–Crippen LogP) is 5.18. The van der Waals surface area contributed by atoms with Gasteiger partial charge in [0.05, 0.1) is 62.4 Å². The molecule has 0 bridgehead atoms. The largest absolute Gasteiger partial charge is 0.466 e. The molecular formula is C65H101N9O15. The van der Waals surface area contributed by atoms with Crippen molar-refractivity contribution in [2.75, 3.05) is 60.4 Å². The molecule has 1 fully saturated rings. The van der Waals surface area contributed by atoms with Crippen LogP contribution in [0.15, 0.2) is 66.7 Å². The first-order chi connectivity index (χ1) is 42.1. The molecule has 0 aromatic heterocycles. The molecule has 7 N–H and O–H groups in total. The molecule has 3 rings (SSSR count). The third-order valence-corrected chi connectivity index (χ3v) is 16.3. The van der Waals surface area contributed by atoms with E-state index in [2.05, 4.69) is 36.6 Å². The first-order valence-corrected chi connectivity index (χ1v) is 31.0. The van der Waals surface area contributed by atoms with Crippen molar-refractivity contribution in [1.29, 1.82) is 0 Å². The van der Waals surface area contributed by atoms with E-state index in [-0.39, 0.29) is 55.6 Å². The Labute approximate surface area is 526 Å². The van der Waals surface area contributed by atoms with E-state index in [1.54, 1.807) is 109 Å². The van der Waals surface area contributed by atoms with Gasteiger partial charge >= 0.3 is 12.1 Å². The van der Waals surface area contributed by atoms with Crippen LogP contribution in [0.4, 0.5) is 10.5 Å². The van der Waals surface area contributed by atoms with E-state index >= 15 is 0 Å². The van der Waals surface area contributed by atoms with Crippen LogP contribution in [0.3, 0.4) is 0 Å². The number of esters is 1. The van der Waals surface area contributed by atoms with Gasteiger partial charge in [0.1, 0.15) is 24.7 Å². The zero-order valence-corrected chi connectivity index (χ0v) is 54.9. The van der Waals surface area contributed by atoms with Crippen molar-refractivity contribution >= 4 is 65.0 Å². The number of rotatable bonds is 36. The number of methoxy groups -OCH3 is 3. The number of anilines is 1. The highest BCUT2D eigenvalue weighted by Crippen LogP contribution is 2.30. The van der Waals surface area contributed by atoms with Gasteiger partial charge in [-0.25, -0.2) is 9.59 Å². The number of nitrogens with one attached hydrogen (secondary N) is 6. The Bertz CT molecular complexity index is 2660. The number of ether oxygens (including phenoxy) is 4. The van der Waals surface area contributed by atoms with Gasteiger partial charge in [-0.3, -0.25) is 43.3 Å². The van der Waals surface area contributed by atoms with Gasteiger partial charge in [0.25, 0.3) is 0 Å². The second-order valence-electron chi connectivity index (χ2n) is 24.0. The number of likely N-dealkylation sites (N-methyl/N-ethyl adjacent to an activating group) is 2. The summed E-state index contributed by atoms with van der Waals surface area (Å²) < 4.78 is 22.1. The zero-order chi connectivity index (χ0) is 66.7. The van der Waals surface area contributed by atoms with Gasteiger partial charge in [-0.2, -0.15) is 0 Å². The van der Waals surface area contributed by atoms with E-state index in [1.807, 2.05) is 32.0 Å². The Morgan fingerprint density at radius 1 is 0.708 bits per heavy atom. The van der Waals surface area contributed by atoms with E-state index in [4.69, 9.17) is 14.2 Å². The first-order valence-electron chi connectivity index (χ1n) is 31.0. The number of carbonyl (C=O) groups excluding carboxylic acids is 10. The zero-order valence-electron chi connectivity index (χ0n) is 54.9. The normalized spacial score (nSPS) is 16.6. The molecule has 11 atom stereocenters. The molecule has 89 heavy (non-hydrogen) atoms. The summed E-state index contributed by atoms with van der Waals surface area (Å²) in [6, 6.07) is 10.9. The molecule has 24 heteroatoms. The summed E-state index contributed by atoms with van der Waals surface area (Å²) in [6.07, 6.45) is 2.66. The number of carbonyl (C=O) groups is 10. The second-order valence-corrected chi connectivity index (χ2v) is 24.0. The first kappa shape index (κ1) is 75.8. The van der Waals surface area contributed by atoms with Crippen molar-refractivity contribution < 1.29 is 72.0 Å². The van der Waals surface area contributed by atoms with Crippen LogP contribution < -0.4 is 31.9 Å². The summed E-state index contributed by atoms with van der Waals surface area (Å²) in [6.45, 7) is 18.4. The number of nitrogens with zero attached hydrogens (tertiary/aromatic N) is 3. The predicted molar refractivity (Wildman–Crippen MR) is 336 cm³/mol. The molecule has 0 aliphatic carbocycles. The molecule has 1 heterocycles. The maximum absolute atomic E-state index is 14.7. The minimum Gasteiger partial charge on any atom is -0.466 e. The molecule has 0 saturated carbocycles. The molecular weight excluding hydrogens is 1150 g/mol. The minimum atomic E-state index is -1.06. The fraction of sp³-hybridized carbons (Fsp3) is 0.631. The van der Waals surface area contributed by atoms with Crippen molar-refractivity contribution in [2.24, 2.45) is 29.6 Å². The number of amides is 9. The molecule has 9 amide bonds. The third-order valence-electron chi connectivity index (χ3n) is 16.3. The van der Waals surface area contributed by atoms with Crippen LogP contribution >= 0.6 is 0 Å². The van der Waals surface area contributed by atoms with E-state index in [9.17, 15) is 53.1 Å². The SMILES string of the molecule is CCC(C)C(C(CC(=O)N1CCCC1C(OC)C(C)C(=O)NC(C)C(O)c1ccccc1)OC)N(C)C(=O)[C@@H](NC(=O)C(C(C)C)N(C)C(=O)OCc1ccc(NC(=O)CNC(=O)C(NC(=O)CCCCCNC(=O)/C=C\C(=O)OC)C(C)C)cc1)C(C)C. The summed E-state index contributed by atoms with van der Waals surface area (Å²) in [5.74, 6) is -5.96. The maximum Gasteiger partial charge on any atom is 0.410 e. The summed E-state index contributed by atoms with van der Waals surface area (Å²) in [4.78, 5) is 137. The summed E-state index contributed by atoms with van der Waals surface area (Å²) in [5, 5.41) is 27.5. The molecule has 2 aromatic rings. The molecule has 1 aliphatic heterocycles. The van der Waals surface area contributed by atoms with E-state index in [0.29, 0.717) is 68.4 Å². The number of likely N-dealkylation sites (tertiary alicyclic amines) is 1. The van der Waals surface area contributed by atoms with Gasteiger partial charge in [-0.05, 0) is 79.5 Å². The molecule has 24 nitrogen and oxygen atoms in total. The number of hydrogen-bond donors (Lipinski definition) is 7. The highest BCUT2D eigenvalue weighted by atomic mass is 16.6. The van der Waals surface area contributed by atoms with Crippen molar-refractivity contribution in [3.05, 3.63) is 77.9 Å². The van der Waals surface area contributed by atoms with Crippen LogP contribution in [0.25, 0.3) is 0 Å². The topological polar surface area (TPSA) is 310 Å². The van der Waals surface area contributed by atoms with Crippen LogP contribution in [0, 0.1) is 29.6 Å². The lowest BCUT2D eigenvalue weighted by Gasteiger charge is -2.41. The standard InChI is InChI=1S/C65H101N9O15/c1-16-42(8)58(49(86-13)36-53(78)74-35-23-26-48(74)60(88-15)43(9)61(81)68-44(10)59(80)46-24-19-17-20-25-46)72(11)64(84)56(40(4)5)71-63(83)57(41(6)7)73(12)65(85)89-38-45-28-30-47(31-29-45)69-52(77)37-67-62(82)55(39(2)3)70-51(76)27-21-18-22-34-66-50(75)32-33-54(79)87-14/h17,19-20,24-25,28-33,39-44,48-49,55-60,80H,16,18,21-23,26-27,34-38H2,1-15H3,(H,66,75)(H,67,82)(H,68,81)(H,69,77)(H,70,76)(H,71,83)/b33-32-/t42?,43?,44?,48?,49?,55?,56-,57?,58?,59?,60?/m0/s1. The van der Waals surface area contributed by atoms with Crippen LogP contribution in [-0.4, -0.2) is 183 Å². The number of unbranched alkanes of at least 4 members (excludes halogenated alkanes) is 2. The van der Waals surface area contributed by atoms with E-state index in [1.165, 1.54) is 33.3 Å². The number of hydrogen-bond acceptors (Lipinski definition) is 15. The van der Waals surface area contributed by atoms with Crippen molar-refractivity contribution in [3.8, 4) is 0 Å². The van der Waals surface area contributed by atoms with E-state index in [0.717, 1.165) is 12.2 Å². The lowest BCUT2D eigenvalue weighted by Crippen LogP contribution is -2.60. The molecule has 0 spiro atoms. The smallest absolute Gasteiger partial charge is 0.410 e. The second kappa shape index (κ2) is 38.2. The van der Waals surface area contributed by atoms with E-state index < -0.39 is 114 Å². The van der Waals surface area contributed by atoms with Crippen LogP contribution in [0.1, 0.15) is 138 Å². The summed E-state index contributed by atoms with van der Waals surface area (Å²) in [7, 11) is 7.31. The quantitative estimate of drug-likeness (QED) is 0.0263. The van der Waals surface area contributed by atoms with Gasteiger partial charge in [0.15, 0.2) is 0 Å². The fourth-order valence-electron chi connectivity index (χ4n) is 11.0. The van der Waals surface area contributed by atoms with Gasteiger partial charge in [-0.15, -0.1) is 0 Å². The highest BCUT2D eigenvalue weighted by Gasteiger charge is 2.44. The minimum absolute atomic E-state index is 0.0806. The molecule has 2 aromatic carbocycles. The van der Waals surface area contributed by atoms with Crippen LogP contribution in [-0.2, 0) is 68.7 Å². The van der Waals surface area contributed by atoms with Crippen LogP contribution in [0.5, 0.6) is 0 Å². The Hall–Kier alpha value is -7.44. The average Bonchev–Trinajstić information content (AvgIpc) is 2.86. The Morgan fingerprint density at radius 3 is 1.94 bits per heavy atom. The van der Waals surface area contributed by atoms with Crippen LogP contribution in [0.2, 0.25) is 0 Å². The summed E-state index contributed by atoms with van der Waals surface area (Å²) >= 11 is 0. The van der Waals surface area contributed by atoms with Gasteiger partial charge in [-0.1, -0.05) is 118 Å². The monoisotopic (exact) mass is 1250 g/mol. The highest BCUT2D eigenvalue weighted by molar-refractivity contribution is 5.96. The third kappa shape index (κ3) is 23.8. The Morgan fingerprint density at radius 2 is 1.36 bits per heavy atom. The molecule has 0 radical (unpaired) electrons. The van der Waals surface area contributed by atoms with Crippen molar-refractivity contribution in [2.45, 2.75) is 182 Å². The Kier molecular flexibility index (Phi) is 32.5. The molecule has 496 valence electrons. The van der Waals surface area contributed by atoms with Gasteiger partial charge in [0.2, 0.25) is 47.3 Å². The number of benzene rings is 2. The lowest BCUT2D eigenvalue weighted by atomic mass is 9.89. The Balaban J connectivity index is 1.58. The maximum atomic E-state index is 14.7.